The van der Waals surface area contributed by atoms with Gasteiger partial charge in [-0.15, -0.1) is 6.42 Å². The van der Waals surface area contributed by atoms with E-state index in [1.165, 1.54) is 12.1 Å². The molecule has 0 radical (unpaired) electrons. The van der Waals surface area contributed by atoms with Gasteiger partial charge in [0.25, 0.3) is 5.91 Å². The number of halogens is 2. The van der Waals surface area contributed by atoms with Gasteiger partial charge in [0.15, 0.2) is 0 Å². The number of amides is 1. The summed E-state index contributed by atoms with van der Waals surface area (Å²) in [5.41, 5.74) is 0.920. The lowest BCUT2D eigenvalue weighted by Crippen LogP contribution is -2.13. The van der Waals surface area contributed by atoms with Crippen molar-refractivity contribution in [3.8, 4) is 24.2 Å². The van der Waals surface area contributed by atoms with Gasteiger partial charge in [0, 0.05) is 5.02 Å². The summed E-state index contributed by atoms with van der Waals surface area (Å²) in [4.78, 5) is 12.3. The first-order valence-electron chi connectivity index (χ1n) is 7.08. The lowest BCUT2D eigenvalue weighted by atomic mass is 10.1. The molecule has 0 saturated carbocycles. The molecule has 2 aromatic carbocycles. The monoisotopic (exact) mass is 370 g/mol. The van der Waals surface area contributed by atoms with Crippen molar-refractivity contribution >= 4 is 40.9 Å². The molecule has 2 aromatic rings. The van der Waals surface area contributed by atoms with E-state index in [0.29, 0.717) is 27.0 Å². The highest BCUT2D eigenvalue weighted by atomic mass is 35.5. The smallest absolute Gasteiger partial charge is 0.266 e. The number of nitrogens with one attached hydrogen (secondary N) is 1. The summed E-state index contributed by atoms with van der Waals surface area (Å²) in [6.07, 6.45) is 6.58. The molecule has 0 heterocycles. The van der Waals surface area contributed by atoms with Gasteiger partial charge in [-0.25, -0.2) is 0 Å². The minimum absolute atomic E-state index is 0.0756. The number of nitriles is 1. The second-order valence-electron chi connectivity index (χ2n) is 4.81. The fourth-order valence-corrected chi connectivity index (χ4v) is 2.22. The van der Waals surface area contributed by atoms with Crippen LogP contribution in [0.1, 0.15) is 5.56 Å². The van der Waals surface area contributed by atoms with Gasteiger partial charge >= 0.3 is 0 Å². The number of rotatable bonds is 5. The lowest BCUT2D eigenvalue weighted by molar-refractivity contribution is -0.112. The van der Waals surface area contributed by atoms with E-state index in [1.54, 1.807) is 36.4 Å². The first-order valence-corrected chi connectivity index (χ1v) is 7.83. The van der Waals surface area contributed by atoms with Crippen molar-refractivity contribution in [1.82, 2.24) is 0 Å². The van der Waals surface area contributed by atoms with Crippen molar-refractivity contribution in [3.05, 3.63) is 63.6 Å². The zero-order valence-corrected chi connectivity index (χ0v) is 14.4. The SMILES string of the molecule is C#CCOc1ccc(/C=C(/C#N)C(=O)Nc2cc(Cl)ccc2Cl)cc1. The standard InChI is InChI=1S/C19H12Cl2N2O2/c1-2-9-25-16-6-3-13(4-7-16)10-14(12-22)19(24)23-18-11-15(20)5-8-17(18)21/h1,3-8,10-11H,9H2,(H,23,24)/b14-10-. The summed E-state index contributed by atoms with van der Waals surface area (Å²) in [5.74, 6) is 2.39. The Bertz CT molecular complexity index is 891. The number of carbonyl (C=O) groups excluding carboxylic acids is 1. The molecule has 1 amide bonds. The van der Waals surface area contributed by atoms with Gasteiger partial charge in [0.2, 0.25) is 0 Å². The Labute approximate surface area is 155 Å². The van der Waals surface area contributed by atoms with E-state index in [9.17, 15) is 10.1 Å². The number of ether oxygens (including phenoxy) is 1. The molecule has 0 aliphatic heterocycles. The van der Waals surface area contributed by atoms with Crippen LogP contribution in [-0.2, 0) is 4.79 Å². The fourth-order valence-electron chi connectivity index (χ4n) is 1.88. The molecule has 2 rings (SSSR count). The zero-order chi connectivity index (χ0) is 18.2. The summed E-state index contributed by atoms with van der Waals surface area (Å²) in [6, 6.07) is 13.4. The summed E-state index contributed by atoms with van der Waals surface area (Å²) in [5, 5.41) is 12.6. The Morgan fingerprint density at radius 1 is 1.24 bits per heavy atom. The fraction of sp³-hybridized carbons (Fsp3) is 0.0526. The van der Waals surface area contributed by atoms with Gasteiger partial charge in [-0.2, -0.15) is 5.26 Å². The number of nitrogens with zero attached hydrogens (tertiary/aromatic N) is 1. The quantitative estimate of drug-likeness (QED) is 0.477. The van der Waals surface area contributed by atoms with Gasteiger partial charge in [-0.1, -0.05) is 41.3 Å². The molecule has 0 fully saturated rings. The van der Waals surface area contributed by atoms with Gasteiger partial charge in [0.05, 0.1) is 10.7 Å². The number of anilines is 1. The third-order valence-electron chi connectivity index (χ3n) is 3.05. The first-order chi connectivity index (χ1) is 12.0. The van der Waals surface area contributed by atoms with Crippen LogP contribution in [0.5, 0.6) is 5.75 Å². The highest BCUT2D eigenvalue weighted by molar-refractivity contribution is 6.36. The average Bonchev–Trinajstić information content (AvgIpc) is 2.61. The molecule has 6 heteroatoms. The Kier molecular flexibility index (Phi) is 6.48. The minimum Gasteiger partial charge on any atom is -0.481 e. The van der Waals surface area contributed by atoms with E-state index in [1.807, 2.05) is 6.07 Å². The van der Waals surface area contributed by atoms with Crippen LogP contribution in [0.2, 0.25) is 10.0 Å². The molecule has 124 valence electrons. The average molecular weight is 371 g/mol. The van der Waals surface area contributed by atoms with Crippen LogP contribution < -0.4 is 10.1 Å². The van der Waals surface area contributed by atoms with Crippen molar-refractivity contribution in [3.63, 3.8) is 0 Å². The van der Waals surface area contributed by atoms with Crippen LogP contribution in [0.3, 0.4) is 0 Å². The van der Waals surface area contributed by atoms with Crippen molar-refractivity contribution in [2.75, 3.05) is 11.9 Å². The van der Waals surface area contributed by atoms with Crippen molar-refractivity contribution in [2.24, 2.45) is 0 Å². The maximum absolute atomic E-state index is 12.3. The molecule has 0 aliphatic rings. The van der Waals surface area contributed by atoms with Crippen LogP contribution in [0.4, 0.5) is 5.69 Å². The summed E-state index contributed by atoms with van der Waals surface area (Å²) in [6.45, 7) is 0.168. The van der Waals surface area contributed by atoms with Crippen LogP contribution in [0.15, 0.2) is 48.0 Å². The maximum Gasteiger partial charge on any atom is 0.266 e. The molecule has 0 atom stereocenters. The lowest BCUT2D eigenvalue weighted by Gasteiger charge is -2.07. The Morgan fingerprint density at radius 2 is 1.96 bits per heavy atom. The van der Waals surface area contributed by atoms with Gasteiger partial charge in [-0.3, -0.25) is 4.79 Å². The second kappa shape index (κ2) is 8.80. The molecule has 4 nitrogen and oxygen atoms in total. The Hall–Kier alpha value is -2.92. The molecule has 0 unspecified atom stereocenters. The molecule has 0 saturated heterocycles. The third-order valence-corrected chi connectivity index (χ3v) is 3.62. The predicted octanol–water partition coefficient (Wildman–Crippen LogP) is 4.55. The number of hydrogen-bond acceptors (Lipinski definition) is 3. The summed E-state index contributed by atoms with van der Waals surface area (Å²) in [7, 11) is 0. The number of terminal acetylenes is 1. The van der Waals surface area contributed by atoms with Crippen molar-refractivity contribution < 1.29 is 9.53 Å². The second-order valence-corrected chi connectivity index (χ2v) is 5.65. The Balaban J connectivity index is 2.16. The van der Waals surface area contributed by atoms with Gasteiger partial charge in [0.1, 0.15) is 24.0 Å². The topological polar surface area (TPSA) is 62.1 Å². The van der Waals surface area contributed by atoms with E-state index in [4.69, 9.17) is 34.4 Å². The number of hydrogen-bond donors (Lipinski definition) is 1. The van der Waals surface area contributed by atoms with Crippen molar-refractivity contribution in [2.45, 2.75) is 0 Å². The van der Waals surface area contributed by atoms with Crippen LogP contribution in [0.25, 0.3) is 6.08 Å². The molecular weight excluding hydrogens is 359 g/mol. The third kappa shape index (κ3) is 5.29. The molecule has 0 bridgehead atoms. The van der Waals surface area contributed by atoms with Gasteiger partial charge in [-0.05, 0) is 42.0 Å². The van der Waals surface area contributed by atoms with E-state index < -0.39 is 5.91 Å². The van der Waals surface area contributed by atoms with Crippen LogP contribution >= 0.6 is 23.2 Å². The number of benzene rings is 2. The molecule has 25 heavy (non-hydrogen) atoms. The van der Waals surface area contributed by atoms with Crippen LogP contribution in [-0.4, -0.2) is 12.5 Å². The van der Waals surface area contributed by atoms with Crippen LogP contribution in [0, 0.1) is 23.7 Å². The van der Waals surface area contributed by atoms with E-state index in [0.717, 1.165) is 0 Å². The first kappa shape index (κ1) is 18.4. The zero-order valence-electron chi connectivity index (χ0n) is 12.9. The molecule has 0 aromatic heterocycles. The maximum atomic E-state index is 12.3. The molecule has 1 N–H and O–H groups in total. The highest BCUT2D eigenvalue weighted by Crippen LogP contribution is 2.26. The Morgan fingerprint density at radius 3 is 2.60 bits per heavy atom. The van der Waals surface area contributed by atoms with Crippen molar-refractivity contribution in [1.29, 1.82) is 5.26 Å². The van der Waals surface area contributed by atoms with E-state index in [2.05, 4.69) is 11.2 Å². The normalized spacial score (nSPS) is 10.5. The molecule has 0 spiro atoms. The largest absolute Gasteiger partial charge is 0.481 e. The summed E-state index contributed by atoms with van der Waals surface area (Å²) < 4.78 is 5.26. The van der Waals surface area contributed by atoms with E-state index >= 15 is 0 Å². The highest BCUT2D eigenvalue weighted by Gasteiger charge is 2.12. The van der Waals surface area contributed by atoms with E-state index in [-0.39, 0.29) is 12.2 Å². The summed E-state index contributed by atoms with van der Waals surface area (Å²) >= 11 is 11.9. The minimum atomic E-state index is -0.584. The van der Waals surface area contributed by atoms with Gasteiger partial charge < -0.3 is 10.1 Å². The predicted molar refractivity (Wildman–Crippen MR) is 99.5 cm³/mol. The number of carbonyl (C=O) groups is 1. The molecular formula is C19H12Cl2N2O2. The molecule has 0 aliphatic carbocycles.